The zero-order chi connectivity index (χ0) is 14.4. The smallest absolute Gasteiger partial charge is 0.247 e. The summed E-state index contributed by atoms with van der Waals surface area (Å²) in [6, 6.07) is 7.92. The summed E-state index contributed by atoms with van der Waals surface area (Å²) in [5.74, 6) is -0.180. The van der Waals surface area contributed by atoms with Gasteiger partial charge in [-0.15, -0.1) is 0 Å². The molecule has 20 heavy (non-hydrogen) atoms. The lowest BCUT2D eigenvalue weighted by Crippen LogP contribution is -2.43. The molecule has 0 spiro atoms. The number of nitrogens with zero attached hydrogens (tertiary/aromatic N) is 2. The quantitative estimate of drug-likeness (QED) is 0.668. The van der Waals surface area contributed by atoms with Gasteiger partial charge in [-0.1, -0.05) is 13.5 Å². The summed E-state index contributed by atoms with van der Waals surface area (Å²) in [6.45, 7) is 11.2. The molecule has 1 amide bonds. The van der Waals surface area contributed by atoms with Crippen molar-refractivity contribution in [2.24, 2.45) is 0 Å². The van der Waals surface area contributed by atoms with Gasteiger partial charge >= 0.3 is 0 Å². The fourth-order valence-corrected chi connectivity index (χ4v) is 2.98. The largest absolute Gasteiger partial charge is 0.323 e. The molecule has 108 valence electrons. The predicted molar refractivity (Wildman–Crippen MR) is 84.8 cm³/mol. The van der Waals surface area contributed by atoms with E-state index in [1.807, 2.05) is 24.3 Å². The fraction of sp³-hybridized carbons (Fsp3) is 0.400. The van der Waals surface area contributed by atoms with Crippen LogP contribution in [-0.2, 0) is 4.79 Å². The lowest BCUT2D eigenvalue weighted by molar-refractivity contribution is -0.111. The second kappa shape index (κ2) is 7.47. The van der Waals surface area contributed by atoms with Crippen LogP contribution in [0.4, 0.5) is 5.69 Å². The average molecular weight is 291 g/mol. The first kappa shape index (κ1) is 15.1. The second-order valence-corrected chi connectivity index (χ2v) is 5.84. The zero-order valence-electron chi connectivity index (χ0n) is 11.8. The maximum absolute atomic E-state index is 11.2. The zero-order valence-corrected chi connectivity index (χ0v) is 12.7. The molecule has 1 aliphatic heterocycles. The molecule has 0 aromatic heterocycles. The van der Waals surface area contributed by atoms with Crippen molar-refractivity contribution in [2.45, 2.75) is 11.8 Å². The molecule has 5 heteroatoms. The van der Waals surface area contributed by atoms with Gasteiger partial charge in [0.15, 0.2) is 0 Å². The van der Waals surface area contributed by atoms with Gasteiger partial charge in [-0.25, -0.2) is 4.31 Å². The van der Waals surface area contributed by atoms with Crippen molar-refractivity contribution in [3.05, 3.63) is 36.9 Å². The van der Waals surface area contributed by atoms with Crippen LogP contribution in [0.25, 0.3) is 0 Å². The Kier molecular flexibility index (Phi) is 5.64. The van der Waals surface area contributed by atoms with Crippen molar-refractivity contribution >= 4 is 23.5 Å². The summed E-state index contributed by atoms with van der Waals surface area (Å²) >= 11 is 1.78. The molecule has 1 aliphatic rings. The number of amides is 1. The van der Waals surface area contributed by atoms with Gasteiger partial charge in [0, 0.05) is 36.8 Å². The fourth-order valence-electron chi connectivity index (χ4n) is 2.08. The van der Waals surface area contributed by atoms with E-state index in [9.17, 15) is 4.79 Å². The standard InChI is InChI=1S/C15H21N3OS/c1-3-15(19)16-13-5-7-14(8-6-13)20-18-11-9-17(4-2)10-12-18/h3,5-8H,1,4,9-12H2,2H3,(H,16,19). The van der Waals surface area contributed by atoms with Gasteiger partial charge in [-0.3, -0.25) is 4.79 Å². The number of hydrogen-bond donors (Lipinski definition) is 1. The minimum Gasteiger partial charge on any atom is -0.323 e. The molecule has 0 bridgehead atoms. The molecular weight excluding hydrogens is 270 g/mol. The van der Waals surface area contributed by atoms with Gasteiger partial charge in [-0.2, -0.15) is 0 Å². The number of likely N-dealkylation sites (N-methyl/N-ethyl adjacent to an activating group) is 1. The third-order valence-corrected chi connectivity index (χ3v) is 4.43. The molecule has 0 radical (unpaired) electrons. The molecule has 0 atom stereocenters. The molecule has 1 N–H and O–H groups in total. The van der Waals surface area contributed by atoms with Gasteiger partial charge in [0.2, 0.25) is 5.91 Å². The number of rotatable bonds is 5. The molecule has 1 aromatic rings. The second-order valence-electron chi connectivity index (χ2n) is 4.67. The van der Waals surface area contributed by atoms with Crippen molar-refractivity contribution in [3.63, 3.8) is 0 Å². The Morgan fingerprint density at radius 2 is 1.95 bits per heavy atom. The number of benzene rings is 1. The Bertz CT molecular complexity index is 453. The van der Waals surface area contributed by atoms with Gasteiger partial charge in [0.25, 0.3) is 0 Å². The number of carbonyl (C=O) groups excluding carboxylic acids is 1. The first-order valence-electron chi connectivity index (χ1n) is 6.90. The van der Waals surface area contributed by atoms with E-state index in [4.69, 9.17) is 0 Å². The molecule has 0 aliphatic carbocycles. The van der Waals surface area contributed by atoms with Crippen LogP contribution in [0.1, 0.15) is 6.92 Å². The molecule has 2 rings (SSSR count). The lowest BCUT2D eigenvalue weighted by atomic mass is 10.3. The molecule has 1 saturated heterocycles. The van der Waals surface area contributed by atoms with E-state index in [-0.39, 0.29) is 5.91 Å². The predicted octanol–water partition coefficient (Wildman–Crippen LogP) is 2.46. The average Bonchev–Trinajstić information content (AvgIpc) is 2.50. The number of hydrogen-bond acceptors (Lipinski definition) is 4. The molecular formula is C15H21N3OS. The third-order valence-electron chi connectivity index (χ3n) is 3.32. The van der Waals surface area contributed by atoms with E-state index < -0.39 is 0 Å². The van der Waals surface area contributed by atoms with Gasteiger partial charge < -0.3 is 10.2 Å². The van der Waals surface area contributed by atoms with Crippen molar-refractivity contribution < 1.29 is 4.79 Å². The first-order chi connectivity index (χ1) is 9.71. The van der Waals surface area contributed by atoms with E-state index >= 15 is 0 Å². The molecule has 1 aromatic carbocycles. The maximum atomic E-state index is 11.2. The monoisotopic (exact) mass is 291 g/mol. The van der Waals surface area contributed by atoms with E-state index in [2.05, 4.69) is 28.0 Å². The number of carbonyl (C=O) groups is 1. The Hall–Kier alpha value is -1.30. The number of piperazine rings is 1. The van der Waals surface area contributed by atoms with Crippen LogP contribution in [0.2, 0.25) is 0 Å². The van der Waals surface area contributed by atoms with E-state index in [1.54, 1.807) is 11.9 Å². The van der Waals surface area contributed by atoms with Crippen LogP contribution in [-0.4, -0.2) is 47.8 Å². The third kappa shape index (κ3) is 4.37. The number of anilines is 1. The summed E-state index contributed by atoms with van der Waals surface area (Å²) in [5.41, 5.74) is 0.801. The molecule has 1 heterocycles. The highest BCUT2D eigenvalue weighted by Crippen LogP contribution is 2.25. The van der Waals surface area contributed by atoms with Gasteiger partial charge in [0.1, 0.15) is 0 Å². The topological polar surface area (TPSA) is 35.6 Å². The van der Waals surface area contributed by atoms with Crippen molar-refractivity contribution in [1.82, 2.24) is 9.21 Å². The summed E-state index contributed by atoms with van der Waals surface area (Å²) in [5, 5.41) is 2.75. The van der Waals surface area contributed by atoms with Crippen molar-refractivity contribution in [1.29, 1.82) is 0 Å². The number of nitrogens with one attached hydrogen (secondary N) is 1. The summed E-state index contributed by atoms with van der Waals surface area (Å²) < 4.78 is 2.39. The normalized spacial score (nSPS) is 16.9. The Morgan fingerprint density at radius 1 is 1.30 bits per heavy atom. The van der Waals surface area contributed by atoms with E-state index in [0.717, 1.165) is 38.4 Å². The van der Waals surface area contributed by atoms with Crippen molar-refractivity contribution in [3.8, 4) is 0 Å². The molecule has 4 nitrogen and oxygen atoms in total. The van der Waals surface area contributed by atoms with Crippen LogP contribution < -0.4 is 5.32 Å². The summed E-state index contributed by atoms with van der Waals surface area (Å²) in [7, 11) is 0. The Balaban J connectivity index is 1.85. The Labute approximate surface area is 125 Å². The minimum atomic E-state index is -0.180. The Morgan fingerprint density at radius 3 is 2.50 bits per heavy atom. The van der Waals surface area contributed by atoms with Crippen LogP contribution in [0.15, 0.2) is 41.8 Å². The summed E-state index contributed by atoms with van der Waals surface area (Å²) in [6.07, 6.45) is 1.27. The highest BCUT2D eigenvalue weighted by molar-refractivity contribution is 7.97. The highest BCUT2D eigenvalue weighted by Gasteiger charge is 2.16. The van der Waals surface area contributed by atoms with Gasteiger partial charge in [-0.05, 0) is 48.8 Å². The molecule has 1 fully saturated rings. The first-order valence-corrected chi connectivity index (χ1v) is 7.67. The SMILES string of the molecule is C=CC(=O)Nc1ccc(SN2CCN(CC)CC2)cc1. The summed E-state index contributed by atoms with van der Waals surface area (Å²) in [4.78, 5) is 14.9. The van der Waals surface area contributed by atoms with Gasteiger partial charge in [0.05, 0.1) is 0 Å². The van der Waals surface area contributed by atoms with Crippen molar-refractivity contribution in [2.75, 3.05) is 38.0 Å². The molecule has 0 saturated carbocycles. The maximum Gasteiger partial charge on any atom is 0.247 e. The van der Waals surface area contributed by atoms with Crippen LogP contribution in [0, 0.1) is 0 Å². The van der Waals surface area contributed by atoms with Crippen LogP contribution in [0.3, 0.4) is 0 Å². The minimum absolute atomic E-state index is 0.180. The molecule has 0 unspecified atom stereocenters. The van der Waals surface area contributed by atoms with E-state index in [0.29, 0.717) is 0 Å². The lowest BCUT2D eigenvalue weighted by Gasteiger charge is -2.33. The highest BCUT2D eigenvalue weighted by atomic mass is 32.2. The van der Waals surface area contributed by atoms with Crippen LogP contribution >= 0.6 is 11.9 Å². The van der Waals surface area contributed by atoms with Crippen LogP contribution in [0.5, 0.6) is 0 Å². The van der Waals surface area contributed by atoms with E-state index in [1.165, 1.54) is 11.0 Å².